The summed E-state index contributed by atoms with van der Waals surface area (Å²) < 4.78 is 10.3. The maximum Gasteiger partial charge on any atom is 0.265 e. The Morgan fingerprint density at radius 1 is 0.929 bits per heavy atom. The zero-order valence-corrected chi connectivity index (χ0v) is 15.6. The fourth-order valence-electron chi connectivity index (χ4n) is 2.21. The van der Waals surface area contributed by atoms with E-state index in [4.69, 9.17) is 9.47 Å². The molecule has 28 heavy (non-hydrogen) atoms. The molecule has 2 aromatic rings. The van der Waals surface area contributed by atoms with Crippen LogP contribution in [-0.4, -0.2) is 51.2 Å². The number of hydrogen-bond acceptors (Lipinski definition) is 5. The molecule has 0 radical (unpaired) electrons. The van der Waals surface area contributed by atoms with Gasteiger partial charge in [-0.15, -0.1) is 0 Å². The van der Waals surface area contributed by atoms with E-state index in [9.17, 15) is 14.4 Å². The fraction of sp³-hybridized carbons (Fsp3) is 0.200. The van der Waals surface area contributed by atoms with Crippen molar-refractivity contribution in [1.82, 2.24) is 10.6 Å². The number of carbonyl (C=O) groups excluding carboxylic acids is 3. The van der Waals surface area contributed by atoms with E-state index in [1.165, 1.54) is 20.4 Å². The molecule has 0 fully saturated rings. The Balaban J connectivity index is 1.78. The number of benzene rings is 2. The maximum absolute atomic E-state index is 11.8. The number of hydrogen-bond donors (Lipinski definition) is 2. The smallest absolute Gasteiger partial charge is 0.265 e. The Morgan fingerprint density at radius 3 is 2.32 bits per heavy atom. The van der Waals surface area contributed by atoms with E-state index in [1.807, 2.05) is 0 Å². The molecule has 3 amide bonds. The van der Waals surface area contributed by atoms with Crippen LogP contribution in [0.25, 0.3) is 0 Å². The van der Waals surface area contributed by atoms with Gasteiger partial charge >= 0.3 is 0 Å². The number of nitrogens with zero attached hydrogens (tertiary/aromatic N) is 1. The average Bonchev–Trinajstić information content (AvgIpc) is 2.74. The van der Waals surface area contributed by atoms with E-state index in [2.05, 4.69) is 15.6 Å². The van der Waals surface area contributed by atoms with Crippen molar-refractivity contribution in [2.45, 2.75) is 0 Å². The van der Waals surface area contributed by atoms with Crippen LogP contribution in [0.15, 0.2) is 53.5 Å². The van der Waals surface area contributed by atoms with Crippen LogP contribution in [-0.2, 0) is 9.59 Å². The Hall–Kier alpha value is -3.68. The van der Waals surface area contributed by atoms with Gasteiger partial charge in [-0.3, -0.25) is 14.4 Å². The standard InChI is InChI=1S/C20H21N3O5/c1-27-16-9-8-14(10-17(16)28-2)11-21-18(24)12-22-19(25)13-23-20(26)15-6-4-3-5-7-15/h3-11H,12-13H2,1-2H3,(H,22,25)(H,23,26). The summed E-state index contributed by atoms with van der Waals surface area (Å²) in [4.78, 5) is 39.2. The van der Waals surface area contributed by atoms with Crippen molar-refractivity contribution in [3.05, 3.63) is 59.7 Å². The van der Waals surface area contributed by atoms with Gasteiger partial charge in [0.2, 0.25) is 5.91 Å². The zero-order valence-electron chi connectivity index (χ0n) is 15.6. The molecule has 0 aliphatic rings. The molecule has 2 N–H and O–H groups in total. The number of nitrogens with one attached hydrogen (secondary N) is 2. The van der Waals surface area contributed by atoms with E-state index in [0.717, 1.165) is 0 Å². The monoisotopic (exact) mass is 383 g/mol. The predicted octanol–water partition coefficient (Wildman–Crippen LogP) is 1.20. The average molecular weight is 383 g/mol. The van der Waals surface area contributed by atoms with Crippen LogP contribution in [0, 0.1) is 0 Å². The van der Waals surface area contributed by atoms with Crippen LogP contribution in [0.4, 0.5) is 0 Å². The lowest BCUT2D eigenvalue weighted by molar-refractivity contribution is -0.124. The largest absolute Gasteiger partial charge is 0.493 e. The van der Waals surface area contributed by atoms with Crippen LogP contribution in [0.3, 0.4) is 0 Å². The minimum atomic E-state index is -0.530. The molecule has 0 saturated carbocycles. The van der Waals surface area contributed by atoms with Crippen LogP contribution in [0.1, 0.15) is 15.9 Å². The topological polar surface area (TPSA) is 106 Å². The molecule has 0 aliphatic carbocycles. The van der Waals surface area contributed by atoms with Gasteiger partial charge < -0.3 is 20.1 Å². The van der Waals surface area contributed by atoms with Gasteiger partial charge in [0.15, 0.2) is 11.5 Å². The summed E-state index contributed by atoms with van der Waals surface area (Å²) in [5.41, 5.74) is 1.10. The summed E-state index contributed by atoms with van der Waals surface area (Å²) in [6, 6.07) is 13.6. The Morgan fingerprint density at radius 2 is 1.64 bits per heavy atom. The van der Waals surface area contributed by atoms with Crippen LogP contribution >= 0.6 is 0 Å². The predicted molar refractivity (Wildman–Crippen MR) is 104 cm³/mol. The molecule has 146 valence electrons. The highest BCUT2D eigenvalue weighted by molar-refractivity contribution is 5.97. The first kappa shape index (κ1) is 20.6. The van der Waals surface area contributed by atoms with Gasteiger partial charge in [0, 0.05) is 11.8 Å². The van der Waals surface area contributed by atoms with Gasteiger partial charge in [-0.05, 0) is 35.9 Å². The van der Waals surface area contributed by atoms with Crippen molar-refractivity contribution in [3.63, 3.8) is 0 Å². The Kier molecular flexibility index (Phi) is 7.71. The summed E-state index contributed by atoms with van der Waals surface area (Å²) in [5.74, 6) is -0.304. The summed E-state index contributed by atoms with van der Waals surface area (Å²) in [6.07, 6.45) is 1.37. The van der Waals surface area contributed by atoms with Crippen LogP contribution < -0.4 is 20.1 Å². The fourth-order valence-corrected chi connectivity index (χ4v) is 2.21. The molecule has 0 bridgehead atoms. The lowest BCUT2D eigenvalue weighted by Gasteiger charge is -2.07. The molecule has 0 unspecified atom stereocenters. The molecule has 0 atom stereocenters. The highest BCUT2D eigenvalue weighted by Gasteiger charge is 2.09. The van der Waals surface area contributed by atoms with E-state index >= 15 is 0 Å². The van der Waals surface area contributed by atoms with Gasteiger partial charge in [0.1, 0.15) is 0 Å². The molecule has 0 spiro atoms. The van der Waals surface area contributed by atoms with Crippen molar-refractivity contribution < 1.29 is 23.9 Å². The van der Waals surface area contributed by atoms with Crippen LogP contribution in [0.2, 0.25) is 0 Å². The van der Waals surface area contributed by atoms with Gasteiger partial charge in [-0.1, -0.05) is 18.2 Å². The first-order valence-corrected chi connectivity index (χ1v) is 8.42. The Bertz CT molecular complexity index is 865. The first-order chi connectivity index (χ1) is 13.5. The molecule has 0 heterocycles. The lowest BCUT2D eigenvalue weighted by atomic mass is 10.2. The third-order valence-corrected chi connectivity index (χ3v) is 3.65. The van der Waals surface area contributed by atoms with E-state index in [-0.39, 0.29) is 19.0 Å². The second-order valence-corrected chi connectivity index (χ2v) is 5.59. The molecule has 0 aromatic heterocycles. The second kappa shape index (κ2) is 10.5. The van der Waals surface area contributed by atoms with Gasteiger partial charge in [-0.25, -0.2) is 4.99 Å². The quantitative estimate of drug-likeness (QED) is 0.666. The summed E-state index contributed by atoms with van der Waals surface area (Å²) >= 11 is 0. The summed E-state index contributed by atoms with van der Waals surface area (Å²) in [6.45, 7) is -0.510. The molecular formula is C20H21N3O5. The maximum atomic E-state index is 11.8. The van der Waals surface area contributed by atoms with Gasteiger partial charge in [0.25, 0.3) is 11.8 Å². The number of ether oxygens (including phenoxy) is 2. The van der Waals surface area contributed by atoms with E-state index in [1.54, 1.807) is 48.5 Å². The molecular weight excluding hydrogens is 362 g/mol. The van der Waals surface area contributed by atoms with Gasteiger partial charge in [-0.2, -0.15) is 0 Å². The minimum absolute atomic E-state index is 0.236. The van der Waals surface area contributed by atoms with Crippen molar-refractivity contribution in [2.75, 3.05) is 27.3 Å². The number of aliphatic imine (C=N–C) groups is 1. The van der Waals surface area contributed by atoms with Crippen molar-refractivity contribution >= 4 is 23.9 Å². The molecule has 0 aliphatic heterocycles. The number of carbonyl (C=O) groups is 3. The number of rotatable bonds is 8. The molecule has 8 nitrogen and oxygen atoms in total. The normalized spacial score (nSPS) is 10.4. The van der Waals surface area contributed by atoms with E-state index in [0.29, 0.717) is 22.6 Å². The zero-order chi connectivity index (χ0) is 20.4. The third-order valence-electron chi connectivity index (χ3n) is 3.65. The molecule has 8 heteroatoms. The lowest BCUT2D eigenvalue weighted by Crippen LogP contribution is -2.38. The highest BCUT2D eigenvalue weighted by Crippen LogP contribution is 2.26. The van der Waals surface area contributed by atoms with Crippen molar-refractivity contribution in [3.8, 4) is 11.5 Å². The SMILES string of the molecule is COc1ccc(C=NC(=O)CNC(=O)CNC(=O)c2ccccc2)cc1OC. The van der Waals surface area contributed by atoms with Crippen LogP contribution in [0.5, 0.6) is 11.5 Å². The number of amides is 3. The van der Waals surface area contributed by atoms with E-state index < -0.39 is 11.8 Å². The summed E-state index contributed by atoms with van der Waals surface area (Å²) in [7, 11) is 3.04. The summed E-state index contributed by atoms with van der Waals surface area (Å²) in [5, 5.41) is 4.88. The number of methoxy groups -OCH3 is 2. The minimum Gasteiger partial charge on any atom is -0.493 e. The third kappa shape index (κ3) is 6.24. The van der Waals surface area contributed by atoms with Gasteiger partial charge in [0.05, 0.1) is 27.3 Å². The second-order valence-electron chi connectivity index (χ2n) is 5.59. The Labute approximate surface area is 162 Å². The molecule has 0 saturated heterocycles. The highest BCUT2D eigenvalue weighted by atomic mass is 16.5. The van der Waals surface area contributed by atoms with Crippen molar-refractivity contribution in [1.29, 1.82) is 0 Å². The first-order valence-electron chi connectivity index (χ1n) is 8.42. The van der Waals surface area contributed by atoms with Crippen molar-refractivity contribution in [2.24, 2.45) is 4.99 Å². The molecule has 2 rings (SSSR count). The molecule has 2 aromatic carbocycles.